The smallest absolute Gasteiger partial charge is 0.336 e. The summed E-state index contributed by atoms with van der Waals surface area (Å²) in [5.74, 6) is -2.00. The third-order valence-electron chi connectivity index (χ3n) is 6.15. The fourth-order valence-corrected chi connectivity index (χ4v) is 4.88. The minimum absolute atomic E-state index is 0.0157. The van der Waals surface area contributed by atoms with Crippen molar-refractivity contribution in [2.45, 2.75) is 53.4 Å². The number of hydrogen-bond acceptors (Lipinski definition) is 6. The summed E-state index contributed by atoms with van der Waals surface area (Å²) >= 11 is 0. The van der Waals surface area contributed by atoms with Gasteiger partial charge < -0.3 is 9.15 Å². The van der Waals surface area contributed by atoms with Crippen LogP contribution in [0.2, 0.25) is 0 Å². The number of esters is 1. The van der Waals surface area contributed by atoms with Crippen LogP contribution in [0, 0.1) is 18.3 Å². The van der Waals surface area contributed by atoms with E-state index in [9.17, 15) is 14.4 Å². The van der Waals surface area contributed by atoms with Crippen molar-refractivity contribution in [2.75, 3.05) is 6.61 Å². The van der Waals surface area contributed by atoms with E-state index in [0.29, 0.717) is 35.1 Å². The van der Waals surface area contributed by atoms with E-state index in [-0.39, 0.29) is 28.8 Å². The number of carbonyl (C=O) groups excluding carboxylic acids is 2. The Morgan fingerprint density at radius 2 is 1.94 bits per heavy atom. The lowest BCUT2D eigenvalue weighted by Crippen LogP contribution is -2.45. The summed E-state index contributed by atoms with van der Waals surface area (Å²) in [6.07, 6.45) is 2.39. The van der Waals surface area contributed by atoms with Crippen LogP contribution in [0.25, 0.3) is 11.0 Å². The first-order valence-corrected chi connectivity index (χ1v) is 10.6. The molecule has 4 rings (SSSR count). The Morgan fingerprint density at radius 1 is 1.19 bits per heavy atom. The number of ether oxygens (including phenoxy) is 1. The standard InChI is InChI=1S/C25H27NO5/c1-6-30-24(29)20-14(3)26-17-10-25(4,5)11-18(27)22(17)21(20)16-12-31-19-8-7-13(2)9-15(19)23(16)28/h7-9,12,21-22H,6,10-11H2,1-5H3/t21-,22-/m1/s1. The van der Waals surface area contributed by atoms with Gasteiger partial charge in [-0.2, -0.15) is 0 Å². The first kappa shape index (κ1) is 21.2. The Balaban J connectivity index is 1.97. The largest absolute Gasteiger partial charge is 0.464 e. The topological polar surface area (TPSA) is 85.9 Å². The number of aliphatic imine (C=N–C) groups is 1. The summed E-state index contributed by atoms with van der Waals surface area (Å²) < 4.78 is 11.1. The zero-order valence-electron chi connectivity index (χ0n) is 18.6. The number of ketones is 1. The van der Waals surface area contributed by atoms with Crippen LogP contribution in [0.1, 0.15) is 57.6 Å². The Bertz CT molecular complexity index is 1210. The highest BCUT2D eigenvalue weighted by Crippen LogP contribution is 2.46. The number of benzene rings is 1. The molecule has 1 saturated carbocycles. The van der Waals surface area contributed by atoms with Crippen LogP contribution in [0.15, 0.2) is 49.9 Å². The molecule has 6 heteroatoms. The third-order valence-corrected chi connectivity index (χ3v) is 6.15. The van der Waals surface area contributed by atoms with Gasteiger partial charge >= 0.3 is 5.97 Å². The predicted octanol–water partition coefficient (Wildman–Crippen LogP) is 4.48. The second kappa shape index (κ2) is 7.59. The van der Waals surface area contributed by atoms with Crippen LogP contribution >= 0.6 is 0 Å². The van der Waals surface area contributed by atoms with Crippen molar-refractivity contribution in [3.8, 4) is 0 Å². The molecule has 0 bridgehead atoms. The van der Waals surface area contributed by atoms with Crippen LogP contribution in [0.3, 0.4) is 0 Å². The van der Waals surface area contributed by atoms with E-state index in [1.165, 1.54) is 6.26 Å². The highest BCUT2D eigenvalue weighted by molar-refractivity contribution is 6.12. The molecule has 1 fully saturated rings. The van der Waals surface area contributed by atoms with Crippen molar-refractivity contribution < 1.29 is 18.7 Å². The quantitative estimate of drug-likeness (QED) is 0.682. The Morgan fingerprint density at radius 3 is 2.65 bits per heavy atom. The summed E-state index contributed by atoms with van der Waals surface area (Å²) in [5.41, 5.74) is 2.72. The molecule has 2 aliphatic rings. The van der Waals surface area contributed by atoms with Gasteiger partial charge in [0.05, 0.1) is 29.7 Å². The van der Waals surface area contributed by atoms with E-state index in [0.717, 1.165) is 11.3 Å². The van der Waals surface area contributed by atoms with Crippen LogP contribution in [0.5, 0.6) is 0 Å². The maximum absolute atomic E-state index is 13.5. The number of hydrogen-bond donors (Lipinski definition) is 0. The average molecular weight is 421 g/mol. The summed E-state index contributed by atoms with van der Waals surface area (Å²) in [7, 11) is 0. The van der Waals surface area contributed by atoms with E-state index in [2.05, 4.69) is 4.99 Å². The zero-order valence-corrected chi connectivity index (χ0v) is 18.6. The van der Waals surface area contributed by atoms with Crippen molar-refractivity contribution in [1.82, 2.24) is 0 Å². The molecule has 31 heavy (non-hydrogen) atoms. The fourth-order valence-electron chi connectivity index (χ4n) is 4.88. The molecule has 0 unspecified atom stereocenters. The lowest BCUT2D eigenvalue weighted by molar-refractivity contribution is -0.139. The van der Waals surface area contributed by atoms with Crippen molar-refractivity contribution in [2.24, 2.45) is 16.3 Å². The van der Waals surface area contributed by atoms with Crippen molar-refractivity contribution in [3.05, 3.63) is 57.1 Å². The molecule has 2 atom stereocenters. The van der Waals surface area contributed by atoms with Gasteiger partial charge in [0.1, 0.15) is 11.4 Å². The first-order valence-electron chi connectivity index (χ1n) is 10.6. The van der Waals surface area contributed by atoms with Gasteiger partial charge in [0.15, 0.2) is 5.43 Å². The van der Waals surface area contributed by atoms with Crippen LogP contribution in [-0.4, -0.2) is 24.1 Å². The maximum Gasteiger partial charge on any atom is 0.336 e. The van der Waals surface area contributed by atoms with Crippen molar-refractivity contribution in [3.63, 3.8) is 0 Å². The molecule has 0 N–H and O–H groups in total. The predicted molar refractivity (Wildman–Crippen MR) is 118 cm³/mol. The summed E-state index contributed by atoms with van der Waals surface area (Å²) in [6, 6.07) is 5.40. The van der Waals surface area contributed by atoms with E-state index in [1.807, 2.05) is 26.8 Å². The molecule has 6 nitrogen and oxygen atoms in total. The number of carbonyl (C=O) groups is 2. The number of Topliss-reactive ketones (excluding diaryl/α,β-unsaturated/α-hetero) is 1. The lowest BCUT2D eigenvalue weighted by Gasteiger charge is -2.40. The number of rotatable bonds is 3. The average Bonchev–Trinajstić information content (AvgIpc) is 2.67. The van der Waals surface area contributed by atoms with Gasteiger partial charge in [0.2, 0.25) is 0 Å². The molecule has 0 saturated heterocycles. The fraction of sp³-hybridized carbons (Fsp3) is 0.440. The first-order chi connectivity index (χ1) is 14.6. The monoisotopic (exact) mass is 421 g/mol. The lowest BCUT2D eigenvalue weighted by atomic mass is 9.63. The van der Waals surface area contributed by atoms with E-state index >= 15 is 0 Å². The van der Waals surface area contributed by atoms with E-state index in [4.69, 9.17) is 9.15 Å². The number of nitrogens with zero attached hydrogens (tertiary/aromatic N) is 1. The highest BCUT2D eigenvalue weighted by Gasteiger charge is 2.48. The summed E-state index contributed by atoms with van der Waals surface area (Å²) in [4.78, 5) is 44.4. The zero-order chi connectivity index (χ0) is 22.5. The molecule has 2 aromatic rings. The molecule has 1 aromatic carbocycles. The van der Waals surface area contributed by atoms with Crippen molar-refractivity contribution >= 4 is 28.4 Å². The second-order valence-electron chi connectivity index (χ2n) is 9.28. The van der Waals surface area contributed by atoms with Gasteiger partial charge in [-0.25, -0.2) is 4.79 Å². The van der Waals surface area contributed by atoms with E-state index < -0.39 is 17.8 Å². The Kier molecular flexibility index (Phi) is 5.20. The third kappa shape index (κ3) is 3.64. The number of fused-ring (bicyclic) bond motifs is 2. The molecule has 1 aliphatic carbocycles. The van der Waals surface area contributed by atoms with Gasteiger partial charge in [0.25, 0.3) is 0 Å². The number of allylic oxidation sites excluding steroid dienone is 1. The van der Waals surface area contributed by atoms with Gasteiger partial charge in [-0.3, -0.25) is 14.6 Å². The van der Waals surface area contributed by atoms with Crippen LogP contribution in [0.4, 0.5) is 0 Å². The van der Waals surface area contributed by atoms with Crippen molar-refractivity contribution in [1.29, 1.82) is 0 Å². The number of aryl methyl sites for hydroxylation is 1. The van der Waals surface area contributed by atoms with Gasteiger partial charge in [-0.1, -0.05) is 25.5 Å². The minimum atomic E-state index is -0.767. The molecule has 1 aliphatic heterocycles. The minimum Gasteiger partial charge on any atom is -0.464 e. The Hall–Kier alpha value is -3.02. The van der Waals surface area contributed by atoms with Gasteiger partial charge in [-0.05, 0) is 44.7 Å². The van der Waals surface area contributed by atoms with Crippen LogP contribution in [-0.2, 0) is 14.3 Å². The Labute approximate surface area is 181 Å². The van der Waals surface area contributed by atoms with Gasteiger partial charge in [-0.15, -0.1) is 0 Å². The normalized spacial score (nSPS) is 22.9. The molecular weight excluding hydrogens is 394 g/mol. The maximum atomic E-state index is 13.5. The second-order valence-corrected chi connectivity index (χ2v) is 9.28. The molecule has 1 aromatic heterocycles. The molecule has 0 spiro atoms. The highest BCUT2D eigenvalue weighted by atomic mass is 16.5. The molecule has 2 heterocycles. The molecular formula is C25H27NO5. The molecule has 0 radical (unpaired) electrons. The van der Waals surface area contributed by atoms with E-state index in [1.54, 1.807) is 26.0 Å². The molecule has 162 valence electrons. The van der Waals surface area contributed by atoms with Gasteiger partial charge in [0, 0.05) is 29.3 Å². The summed E-state index contributed by atoms with van der Waals surface area (Å²) in [6.45, 7) is 9.62. The summed E-state index contributed by atoms with van der Waals surface area (Å²) in [5, 5.41) is 0.436. The molecule has 0 amide bonds. The van der Waals surface area contributed by atoms with Crippen LogP contribution < -0.4 is 5.43 Å². The SMILES string of the molecule is CCOC(=O)C1=C(C)N=C2CC(C)(C)CC(=O)[C@@H]2[C@@H]1c1coc2ccc(C)cc2c1=O.